The Hall–Kier alpha value is -1.39. The van der Waals surface area contributed by atoms with Crippen LogP contribution in [0.5, 0.6) is 0 Å². The van der Waals surface area contributed by atoms with Gasteiger partial charge in [0, 0.05) is 10.7 Å². The minimum Gasteiger partial charge on any atom is -0.345 e. The number of halogens is 2. The number of carbonyl (C=O) groups excluding carboxylic acids is 1. The third-order valence-electron chi connectivity index (χ3n) is 2.98. The molecular weight excluding hydrogens is 340 g/mol. The first-order valence-electron chi connectivity index (χ1n) is 6.28. The van der Waals surface area contributed by atoms with E-state index in [0.717, 1.165) is 16.5 Å². The molecule has 1 unspecified atom stereocenters. The molecule has 5 heteroatoms. The van der Waals surface area contributed by atoms with Crippen LogP contribution in [0.4, 0.5) is 0 Å². The Bertz CT molecular complexity index is 584. The van der Waals surface area contributed by atoms with Gasteiger partial charge in [-0.05, 0) is 36.2 Å². The number of rotatable bonds is 4. The fraction of sp³-hybridized carbons (Fsp3) is 0.200. The van der Waals surface area contributed by atoms with Crippen LogP contribution in [0.1, 0.15) is 35.3 Å². The molecule has 2 aromatic rings. The molecule has 1 aromatic heterocycles. The van der Waals surface area contributed by atoms with Gasteiger partial charge in [0.15, 0.2) is 0 Å². The van der Waals surface area contributed by atoms with Crippen molar-refractivity contribution >= 4 is 33.4 Å². The first-order chi connectivity index (χ1) is 9.60. The van der Waals surface area contributed by atoms with E-state index < -0.39 is 0 Å². The highest BCUT2D eigenvalue weighted by Gasteiger charge is 2.14. The van der Waals surface area contributed by atoms with Crippen LogP contribution < -0.4 is 5.32 Å². The van der Waals surface area contributed by atoms with E-state index in [1.54, 1.807) is 12.1 Å². The SMILES string of the molecule is CCC(NC(=O)c1ccc(Cl)nc1)c1ccc(Br)cc1. The fourth-order valence-electron chi connectivity index (χ4n) is 1.87. The van der Waals surface area contributed by atoms with Crippen molar-refractivity contribution in [3.63, 3.8) is 0 Å². The molecule has 1 atom stereocenters. The quantitative estimate of drug-likeness (QED) is 0.829. The predicted octanol–water partition coefficient (Wildman–Crippen LogP) is 4.38. The van der Waals surface area contributed by atoms with E-state index >= 15 is 0 Å². The van der Waals surface area contributed by atoms with Crippen LogP contribution >= 0.6 is 27.5 Å². The van der Waals surface area contributed by atoms with E-state index in [-0.39, 0.29) is 11.9 Å². The second kappa shape index (κ2) is 6.86. The molecule has 0 saturated heterocycles. The van der Waals surface area contributed by atoms with Gasteiger partial charge in [0.2, 0.25) is 0 Å². The number of nitrogens with zero attached hydrogens (tertiary/aromatic N) is 1. The minimum absolute atomic E-state index is 0.0220. The number of pyridine rings is 1. The standard InChI is InChI=1S/C15H14BrClN2O/c1-2-13(10-3-6-12(16)7-4-10)19-15(20)11-5-8-14(17)18-9-11/h3-9,13H,2H2,1H3,(H,19,20). The van der Waals surface area contributed by atoms with E-state index in [4.69, 9.17) is 11.6 Å². The molecule has 0 fully saturated rings. The van der Waals surface area contributed by atoms with E-state index in [1.165, 1.54) is 6.20 Å². The molecular formula is C15H14BrClN2O. The number of amides is 1. The number of hydrogen-bond acceptors (Lipinski definition) is 2. The van der Waals surface area contributed by atoms with Crippen LogP contribution in [0.3, 0.4) is 0 Å². The average molecular weight is 354 g/mol. The van der Waals surface area contributed by atoms with Crippen LogP contribution in [-0.2, 0) is 0 Å². The molecule has 0 spiro atoms. The molecule has 0 aliphatic heterocycles. The summed E-state index contributed by atoms with van der Waals surface area (Å²) in [4.78, 5) is 16.1. The number of carbonyl (C=O) groups is 1. The van der Waals surface area contributed by atoms with Gasteiger partial charge in [-0.2, -0.15) is 0 Å². The minimum atomic E-state index is -0.149. The fourth-order valence-corrected chi connectivity index (χ4v) is 2.24. The summed E-state index contributed by atoms with van der Waals surface area (Å²) in [6, 6.07) is 11.2. The van der Waals surface area contributed by atoms with Crippen LogP contribution in [0.25, 0.3) is 0 Å². The molecule has 1 aromatic carbocycles. The molecule has 3 nitrogen and oxygen atoms in total. The Kier molecular flexibility index (Phi) is 5.15. The van der Waals surface area contributed by atoms with Crippen molar-refractivity contribution in [3.05, 3.63) is 63.3 Å². The molecule has 0 radical (unpaired) electrons. The zero-order valence-electron chi connectivity index (χ0n) is 10.9. The van der Waals surface area contributed by atoms with E-state index in [0.29, 0.717) is 10.7 Å². The highest BCUT2D eigenvalue weighted by Crippen LogP contribution is 2.20. The molecule has 0 aliphatic rings. The van der Waals surface area contributed by atoms with E-state index in [2.05, 4.69) is 26.2 Å². The van der Waals surface area contributed by atoms with Gasteiger partial charge in [0.1, 0.15) is 5.15 Å². The molecule has 104 valence electrons. The van der Waals surface area contributed by atoms with Gasteiger partial charge in [-0.15, -0.1) is 0 Å². The van der Waals surface area contributed by atoms with Gasteiger partial charge in [-0.3, -0.25) is 4.79 Å². The molecule has 1 amide bonds. The molecule has 1 N–H and O–H groups in total. The Morgan fingerprint density at radius 2 is 2.00 bits per heavy atom. The summed E-state index contributed by atoms with van der Waals surface area (Å²) >= 11 is 9.12. The molecule has 0 bridgehead atoms. The lowest BCUT2D eigenvalue weighted by molar-refractivity contribution is 0.0935. The van der Waals surface area contributed by atoms with Crippen LogP contribution in [0.2, 0.25) is 5.15 Å². The molecule has 1 heterocycles. The van der Waals surface area contributed by atoms with Crippen molar-refractivity contribution in [2.75, 3.05) is 0 Å². The third-order valence-corrected chi connectivity index (χ3v) is 3.73. The second-order valence-corrected chi connectivity index (χ2v) is 5.66. The van der Waals surface area contributed by atoms with Crippen molar-refractivity contribution in [2.45, 2.75) is 19.4 Å². The van der Waals surface area contributed by atoms with Gasteiger partial charge in [-0.1, -0.05) is 46.6 Å². The normalized spacial score (nSPS) is 11.9. The smallest absolute Gasteiger partial charge is 0.253 e. The molecule has 0 saturated carbocycles. The van der Waals surface area contributed by atoms with Crippen LogP contribution in [0, 0.1) is 0 Å². The highest BCUT2D eigenvalue weighted by atomic mass is 79.9. The second-order valence-electron chi connectivity index (χ2n) is 4.36. The Morgan fingerprint density at radius 1 is 1.30 bits per heavy atom. The predicted molar refractivity (Wildman–Crippen MR) is 83.9 cm³/mol. The number of benzene rings is 1. The third kappa shape index (κ3) is 3.81. The first-order valence-corrected chi connectivity index (χ1v) is 7.45. The maximum atomic E-state index is 12.2. The summed E-state index contributed by atoms with van der Waals surface area (Å²) in [6.45, 7) is 2.03. The lowest BCUT2D eigenvalue weighted by atomic mass is 10.0. The Morgan fingerprint density at radius 3 is 2.55 bits per heavy atom. The zero-order valence-corrected chi connectivity index (χ0v) is 13.3. The first kappa shape index (κ1) is 15.0. The van der Waals surface area contributed by atoms with E-state index in [1.807, 2.05) is 31.2 Å². The summed E-state index contributed by atoms with van der Waals surface area (Å²) < 4.78 is 1.02. The monoisotopic (exact) mass is 352 g/mol. The van der Waals surface area contributed by atoms with Gasteiger partial charge < -0.3 is 5.32 Å². The highest BCUT2D eigenvalue weighted by molar-refractivity contribution is 9.10. The van der Waals surface area contributed by atoms with Gasteiger partial charge >= 0.3 is 0 Å². The summed E-state index contributed by atoms with van der Waals surface area (Å²) in [5.41, 5.74) is 1.58. The number of aromatic nitrogens is 1. The van der Waals surface area contributed by atoms with Crippen molar-refractivity contribution < 1.29 is 4.79 Å². The Labute approximate surface area is 131 Å². The van der Waals surface area contributed by atoms with Crippen molar-refractivity contribution in [1.82, 2.24) is 10.3 Å². The molecule has 0 aliphatic carbocycles. The topological polar surface area (TPSA) is 42.0 Å². The summed E-state index contributed by atoms with van der Waals surface area (Å²) in [7, 11) is 0. The van der Waals surface area contributed by atoms with Gasteiger partial charge in [-0.25, -0.2) is 4.98 Å². The van der Waals surface area contributed by atoms with Crippen LogP contribution in [-0.4, -0.2) is 10.9 Å². The molecule has 2 rings (SSSR count). The molecule has 20 heavy (non-hydrogen) atoms. The van der Waals surface area contributed by atoms with Gasteiger partial charge in [0.05, 0.1) is 11.6 Å². The zero-order chi connectivity index (χ0) is 14.5. The number of hydrogen-bond donors (Lipinski definition) is 1. The van der Waals surface area contributed by atoms with Gasteiger partial charge in [0.25, 0.3) is 5.91 Å². The summed E-state index contributed by atoms with van der Waals surface area (Å²) in [5, 5.41) is 3.38. The van der Waals surface area contributed by atoms with Crippen molar-refractivity contribution in [1.29, 1.82) is 0 Å². The van der Waals surface area contributed by atoms with Crippen molar-refractivity contribution in [3.8, 4) is 0 Å². The lowest BCUT2D eigenvalue weighted by Crippen LogP contribution is -2.28. The number of nitrogens with one attached hydrogen (secondary N) is 1. The Balaban J connectivity index is 2.11. The maximum absolute atomic E-state index is 12.2. The average Bonchev–Trinajstić information content (AvgIpc) is 2.46. The van der Waals surface area contributed by atoms with E-state index in [9.17, 15) is 4.79 Å². The largest absolute Gasteiger partial charge is 0.345 e. The maximum Gasteiger partial charge on any atom is 0.253 e. The lowest BCUT2D eigenvalue weighted by Gasteiger charge is -2.17. The van der Waals surface area contributed by atoms with Crippen molar-refractivity contribution in [2.24, 2.45) is 0 Å². The summed E-state index contributed by atoms with van der Waals surface area (Å²) in [5.74, 6) is -0.149. The summed E-state index contributed by atoms with van der Waals surface area (Å²) in [6.07, 6.45) is 2.29. The van der Waals surface area contributed by atoms with Crippen LogP contribution in [0.15, 0.2) is 47.1 Å².